The number of halogens is 3. The monoisotopic (exact) mass is 424 g/mol. The van der Waals surface area contributed by atoms with Crippen LogP contribution in [0.2, 0.25) is 0 Å². The Morgan fingerprint density at radius 3 is 2.16 bits per heavy atom. The zero-order chi connectivity index (χ0) is 23.1. The van der Waals surface area contributed by atoms with E-state index in [1.54, 1.807) is 37.3 Å². The minimum Gasteiger partial charge on any atom is -0.207 e. The second kappa shape index (κ2) is 11.0. The molecule has 164 valence electrons. The van der Waals surface area contributed by atoms with Crippen LogP contribution in [0.1, 0.15) is 56.6 Å². The fraction of sp³-hybridized carbons (Fsp3) is 0.286. The first-order chi connectivity index (χ1) is 14.6. The summed E-state index contributed by atoms with van der Waals surface area (Å²) in [6.45, 7) is 18.8. The van der Waals surface area contributed by atoms with Crippen LogP contribution in [0.25, 0.3) is 6.08 Å². The van der Waals surface area contributed by atoms with E-state index in [4.69, 9.17) is 0 Å². The Morgan fingerprint density at radius 2 is 1.55 bits per heavy atom. The Kier molecular flexibility index (Phi) is 8.67. The van der Waals surface area contributed by atoms with Gasteiger partial charge in [0.25, 0.3) is 0 Å². The maximum atomic E-state index is 14.7. The van der Waals surface area contributed by atoms with Crippen molar-refractivity contribution in [2.45, 2.75) is 45.4 Å². The molecule has 0 bridgehead atoms. The average molecular weight is 425 g/mol. The van der Waals surface area contributed by atoms with Gasteiger partial charge < -0.3 is 0 Å². The van der Waals surface area contributed by atoms with E-state index in [9.17, 15) is 13.2 Å². The minimum absolute atomic E-state index is 0.0875. The first-order valence-corrected chi connectivity index (χ1v) is 10.5. The van der Waals surface area contributed by atoms with Gasteiger partial charge in [-0.05, 0) is 65.5 Å². The van der Waals surface area contributed by atoms with E-state index in [0.29, 0.717) is 33.8 Å². The Labute approximate surface area is 184 Å². The van der Waals surface area contributed by atoms with Gasteiger partial charge in [-0.15, -0.1) is 0 Å². The molecule has 0 atom stereocenters. The van der Waals surface area contributed by atoms with Crippen molar-refractivity contribution in [1.29, 1.82) is 0 Å². The molecule has 0 heterocycles. The number of allylic oxidation sites excluding steroid dienone is 9. The summed E-state index contributed by atoms with van der Waals surface area (Å²) in [6.07, 6.45) is 11.5. The van der Waals surface area contributed by atoms with E-state index in [-0.39, 0.29) is 11.5 Å². The number of rotatable bonds is 8. The Morgan fingerprint density at radius 1 is 0.903 bits per heavy atom. The molecule has 0 aromatic heterocycles. The molecule has 0 unspecified atom stereocenters. The van der Waals surface area contributed by atoms with E-state index >= 15 is 0 Å². The number of hydrogen-bond acceptors (Lipinski definition) is 0. The van der Waals surface area contributed by atoms with Crippen LogP contribution in [0.5, 0.6) is 0 Å². The van der Waals surface area contributed by atoms with Gasteiger partial charge in [0.05, 0.1) is 0 Å². The van der Waals surface area contributed by atoms with Crippen LogP contribution >= 0.6 is 0 Å². The van der Waals surface area contributed by atoms with Crippen molar-refractivity contribution in [3.05, 3.63) is 114 Å². The van der Waals surface area contributed by atoms with Gasteiger partial charge in [0.1, 0.15) is 5.83 Å². The highest BCUT2D eigenvalue weighted by atomic mass is 19.2. The number of benzene rings is 1. The fourth-order valence-electron chi connectivity index (χ4n) is 3.53. The molecule has 0 radical (unpaired) electrons. The highest BCUT2D eigenvalue weighted by molar-refractivity contribution is 5.56. The lowest BCUT2D eigenvalue weighted by atomic mass is 9.79. The predicted molar refractivity (Wildman–Crippen MR) is 126 cm³/mol. The number of hydrogen-bond donors (Lipinski definition) is 0. The summed E-state index contributed by atoms with van der Waals surface area (Å²) in [7, 11) is 0. The van der Waals surface area contributed by atoms with Crippen LogP contribution in [0.3, 0.4) is 0 Å². The predicted octanol–water partition coefficient (Wildman–Crippen LogP) is 8.93. The molecule has 1 aromatic rings. The van der Waals surface area contributed by atoms with Crippen LogP contribution in [0.15, 0.2) is 90.9 Å². The standard InChI is InChI=1S/C28H31F3/c1-18(2)26(29)17-22(6)21(5)11-7-19(3)10-14-24-15-16-25(28(31)27(24)30)23-12-8-20(4)9-13-23/h7,10-11,14-17,20,23H,1,3,5-6,8-9,12-13H2,2,4H3/b11-7-,14-10+,26-17+. The largest absolute Gasteiger partial charge is 0.207 e. The lowest BCUT2D eigenvalue weighted by Crippen LogP contribution is -2.13. The van der Waals surface area contributed by atoms with Crippen LogP contribution in [0.4, 0.5) is 13.2 Å². The van der Waals surface area contributed by atoms with Crippen molar-refractivity contribution in [3.8, 4) is 0 Å². The Hall–Kier alpha value is -2.81. The molecule has 3 heteroatoms. The van der Waals surface area contributed by atoms with Crippen molar-refractivity contribution < 1.29 is 13.2 Å². The van der Waals surface area contributed by atoms with Gasteiger partial charge in [-0.3, -0.25) is 0 Å². The molecule has 0 nitrogen and oxygen atoms in total. The van der Waals surface area contributed by atoms with Crippen LogP contribution in [-0.4, -0.2) is 0 Å². The summed E-state index contributed by atoms with van der Waals surface area (Å²) in [4.78, 5) is 0. The lowest BCUT2D eigenvalue weighted by molar-refractivity contribution is 0.339. The van der Waals surface area contributed by atoms with Gasteiger partial charge in [-0.2, -0.15) is 0 Å². The van der Waals surface area contributed by atoms with Crippen molar-refractivity contribution in [2.24, 2.45) is 5.92 Å². The second-order valence-corrected chi connectivity index (χ2v) is 8.39. The second-order valence-electron chi connectivity index (χ2n) is 8.39. The average Bonchev–Trinajstić information content (AvgIpc) is 2.73. The quantitative estimate of drug-likeness (QED) is 0.365. The van der Waals surface area contributed by atoms with Crippen LogP contribution in [0, 0.1) is 17.6 Å². The zero-order valence-corrected chi connectivity index (χ0v) is 18.5. The molecule has 0 spiro atoms. The molecule has 0 amide bonds. The minimum atomic E-state index is -0.831. The van der Waals surface area contributed by atoms with Gasteiger partial charge >= 0.3 is 0 Å². The third-order valence-corrected chi connectivity index (χ3v) is 5.69. The summed E-state index contributed by atoms with van der Waals surface area (Å²) in [5, 5.41) is 0. The third kappa shape index (κ3) is 6.85. The van der Waals surface area contributed by atoms with E-state index < -0.39 is 17.5 Å². The maximum Gasteiger partial charge on any atom is 0.166 e. The molecular weight excluding hydrogens is 393 g/mol. The van der Waals surface area contributed by atoms with Crippen molar-refractivity contribution in [2.75, 3.05) is 0 Å². The first kappa shape index (κ1) is 24.5. The highest BCUT2D eigenvalue weighted by Crippen LogP contribution is 2.37. The third-order valence-electron chi connectivity index (χ3n) is 5.69. The van der Waals surface area contributed by atoms with Gasteiger partial charge in [-0.25, -0.2) is 13.2 Å². The van der Waals surface area contributed by atoms with Gasteiger partial charge in [-0.1, -0.05) is 82.5 Å². The Bertz CT molecular complexity index is 964. The first-order valence-electron chi connectivity index (χ1n) is 10.5. The van der Waals surface area contributed by atoms with Crippen molar-refractivity contribution in [3.63, 3.8) is 0 Å². The summed E-state index contributed by atoms with van der Waals surface area (Å²) >= 11 is 0. The molecular formula is C28H31F3. The molecule has 1 aliphatic rings. The molecule has 31 heavy (non-hydrogen) atoms. The summed E-state index contributed by atoms with van der Waals surface area (Å²) in [6, 6.07) is 3.32. The molecule has 1 saturated carbocycles. The van der Waals surface area contributed by atoms with E-state index in [1.807, 2.05) is 0 Å². The van der Waals surface area contributed by atoms with Crippen LogP contribution in [-0.2, 0) is 0 Å². The lowest BCUT2D eigenvalue weighted by Gasteiger charge is -2.27. The summed E-state index contributed by atoms with van der Waals surface area (Å²) in [5.41, 5.74) is 2.44. The smallest absolute Gasteiger partial charge is 0.166 e. The molecule has 2 rings (SSSR count). The molecule has 1 aromatic carbocycles. The molecule has 0 aliphatic heterocycles. The molecule has 0 saturated heterocycles. The van der Waals surface area contributed by atoms with E-state index in [0.717, 1.165) is 25.7 Å². The maximum absolute atomic E-state index is 14.7. The molecule has 1 aliphatic carbocycles. The van der Waals surface area contributed by atoms with Gasteiger partial charge in [0.2, 0.25) is 0 Å². The van der Waals surface area contributed by atoms with Crippen molar-refractivity contribution in [1.82, 2.24) is 0 Å². The van der Waals surface area contributed by atoms with Gasteiger partial charge in [0, 0.05) is 5.56 Å². The summed E-state index contributed by atoms with van der Waals surface area (Å²) < 4.78 is 42.9. The molecule has 1 fully saturated rings. The van der Waals surface area contributed by atoms with E-state index in [1.165, 1.54) is 12.2 Å². The zero-order valence-electron chi connectivity index (χ0n) is 18.5. The summed E-state index contributed by atoms with van der Waals surface area (Å²) in [5.74, 6) is -1.30. The fourth-order valence-corrected chi connectivity index (χ4v) is 3.53. The van der Waals surface area contributed by atoms with Crippen LogP contribution < -0.4 is 0 Å². The topological polar surface area (TPSA) is 0 Å². The van der Waals surface area contributed by atoms with E-state index in [2.05, 4.69) is 33.2 Å². The van der Waals surface area contributed by atoms with Gasteiger partial charge in [0.15, 0.2) is 11.6 Å². The Balaban J connectivity index is 2.05. The SMILES string of the molecule is C=C(/C=C\C(=C)C(=C)/C=C(/F)C(=C)C)/C=C/c1ccc(C2CCC(C)CC2)c(F)c1F. The highest BCUT2D eigenvalue weighted by Gasteiger charge is 2.24. The van der Waals surface area contributed by atoms with Crippen molar-refractivity contribution >= 4 is 6.08 Å². The molecule has 0 N–H and O–H groups in total. The normalized spacial score (nSPS) is 19.7.